The number of aromatic nitrogens is 1. The van der Waals surface area contributed by atoms with Crippen LogP contribution in [0, 0.1) is 13.8 Å². The average Bonchev–Trinajstić information content (AvgIpc) is 2.33. The Morgan fingerprint density at radius 3 is 2.55 bits per heavy atom. The molecule has 0 aliphatic carbocycles. The minimum Gasteiger partial charge on any atom is -0.398 e. The van der Waals surface area contributed by atoms with Crippen molar-refractivity contribution in [2.45, 2.75) is 18.7 Å². The van der Waals surface area contributed by atoms with E-state index in [4.69, 9.17) is 17.3 Å². The maximum Gasteiger partial charge on any atom is 0.263 e. The fourth-order valence-electron chi connectivity index (χ4n) is 1.70. The summed E-state index contributed by atoms with van der Waals surface area (Å²) in [6.07, 6.45) is 3.06. The van der Waals surface area contributed by atoms with E-state index in [1.807, 2.05) is 6.92 Å². The predicted octanol–water partition coefficient (Wildman–Crippen LogP) is 2.73. The Balaban J connectivity index is 2.43. The van der Waals surface area contributed by atoms with Crippen molar-refractivity contribution in [2.75, 3.05) is 10.5 Å². The van der Waals surface area contributed by atoms with Crippen LogP contribution in [0.3, 0.4) is 0 Å². The van der Waals surface area contributed by atoms with E-state index in [1.165, 1.54) is 18.3 Å². The van der Waals surface area contributed by atoms with E-state index in [0.717, 1.165) is 11.1 Å². The van der Waals surface area contributed by atoms with Crippen molar-refractivity contribution in [3.8, 4) is 0 Å². The normalized spacial score (nSPS) is 11.3. The molecule has 0 fully saturated rings. The van der Waals surface area contributed by atoms with Crippen molar-refractivity contribution in [1.29, 1.82) is 0 Å². The van der Waals surface area contributed by atoms with Crippen LogP contribution in [0.5, 0.6) is 0 Å². The second-order valence-corrected chi connectivity index (χ2v) is 6.55. The lowest BCUT2D eigenvalue weighted by atomic mass is 10.2. The van der Waals surface area contributed by atoms with Gasteiger partial charge in [0.05, 0.1) is 16.9 Å². The fourth-order valence-corrected chi connectivity index (χ4v) is 3.35. The molecular weight excluding hydrogens is 298 g/mol. The Labute approximate surface area is 122 Å². The molecule has 0 unspecified atom stereocenters. The third-order valence-corrected chi connectivity index (χ3v) is 4.58. The summed E-state index contributed by atoms with van der Waals surface area (Å²) in [5.41, 5.74) is 8.06. The van der Waals surface area contributed by atoms with Crippen LogP contribution in [0.4, 0.5) is 11.4 Å². The average molecular weight is 312 g/mol. The molecule has 1 aromatic heterocycles. The van der Waals surface area contributed by atoms with Crippen LogP contribution in [0.25, 0.3) is 0 Å². The first-order valence-electron chi connectivity index (χ1n) is 5.80. The van der Waals surface area contributed by atoms with E-state index in [1.54, 1.807) is 19.2 Å². The summed E-state index contributed by atoms with van der Waals surface area (Å²) in [5, 5.41) is 0.129. The number of hydrogen-bond donors (Lipinski definition) is 2. The third-order valence-electron chi connectivity index (χ3n) is 2.74. The first kappa shape index (κ1) is 14.6. The van der Waals surface area contributed by atoms with Gasteiger partial charge in [-0.3, -0.25) is 9.71 Å². The molecule has 2 aromatic rings. The largest absolute Gasteiger partial charge is 0.398 e. The van der Waals surface area contributed by atoms with Gasteiger partial charge in [-0.2, -0.15) is 0 Å². The number of rotatable bonds is 3. The summed E-state index contributed by atoms with van der Waals surface area (Å²) in [6.45, 7) is 3.58. The summed E-state index contributed by atoms with van der Waals surface area (Å²) >= 11 is 5.99. The standard InChI is InChI=1S/C13H14ClN3O2S/c1-8-3-10(7-16-6-8)17-20(18,19)13-5-12(15)9(2)4-11(13)14/h3-7,17H,15H2,1-2H3. The molecule has 1 aromatic carbocycles. The van der Waals surface area contributed by atoms with Gasteiger partial charge in [0.25, 0.3) is 10.0 Å². The van der Waals surface area contributed by atoms with Gasteiger partial charge in [-0.15, -0.1) is 0 Å². The molecule has 0 aliphatic rings. The molecule has 106 valence electrons. The number of sulfonamides is 1. The highest BCUT2D eigenvalue weighted by atomic mass is 35.5. The smallest absolute Gasteiger partial charge is 0.263 e. The first-order chi connectivity index (χ1) is 9.29. The summed E-state index contributed by atoms with van der Waals surface area (Å²) < 4.78 is 27.1. The number of benzene rings is 1. The number of hydrogen-bond acceptors (Lipinski definition) is 4. The molecule has 0 saturated heterocycles. The first-order valence-corrected chi connectivity index (χ1v) is 7.66. The molecule has 0 radical (unpaired) electrons. The van der Waals surface area contributed by atoms with Crippen molar-refractivity contribution in [3.63, 3.8) is 0 Å². The lowest BCUT2D eigenvalue weighted by Gasteiger charge is -2.11. The van der Waals surface area contributed by atoms with E-state index in [-0.39, 0.29) is 9.92 Å². The van der Waals surface area contributed by atoms with Gasteiger partial charge in [0, 0.05) is 11.9 Å². The zero-order valence-electron chi connectivity index (χ0n) is 11.0. The molecule has 0 atom stereocenters. The molecule has 5 nitrogen and oxygen atoms in total. The zero-order chi connectivity index (χ0) is 14.9. The predicted molar refractivity (Wildman–Crippen MR) is 80.4 cm³/mol. The monoisotopic (exact) mass is 311 g/mol. The minimum absolute atomic E-state index is 0.0521. The van der Waals surface area contributed by atoms with Crippen LogP contribution in [0.2, 0.25) is 5.02 Å². The summed E-state index contributed by atoms with van der Waals surface area (Å²) in [7, 11) is -3.80. The van der Waals surface area contributed by atoms with Gasteiger partial charge in [0.1, 0.15) is 4.90 Å². The molecular formula is C13H14ClN3O2S. The molecule has 0 saturated carbocycles. The van der Waals surface area contributed by atoms with Crippen molar-refractivity contribution >= 4 is 33.0 Å². The maximum atomic E-state index is 12.3. The molecule has 7 heteroatoms. The van der Waals surface area contributed by atoms with Crippen LogP contribution >= 0.6 is 11.6 Å². The minimum atomic E-state index is -3.80. The number of nitrogens with zero attached hydrogens (tertiary/aromatic N) is 1. The number of halogens is 1. The maximum absolute atomic E-state index is 12.3. The van der Waals surface area contributed by atoms with Crippen LogP contribution in [-0.4, -0.2) is 13.4 Å². The Bertz CT molecular complexity index is 760. The molecule has 1 heterocycles. The van der Waals surface area contributed by atoms with Gasteiger partial charge in [-0.25, -0.2) is 8.42 Å². The number of anilines is 2. The molecule has 20 heavy (non-hydrogen) atoms. The molecule has 0 spiro atoms. The van der Waals surface area contributed by atoms with Crippen molar-refractivity contribution < 1.29 is 8.42 Å². The highest BCUT2D eigenvalue weighted by Crippen LogP contribution is 2.28. The molecule has 0 bridgehead atoms. The molecule has 2 rings (SSSR count). The van der Waals surface area contributed by atoms with Crippen LogP contribution < -0.4 is 10.5 Å². The van der Waals surface area contributed by atoms with Gasteiger partial charge in [0.15, 0.2) is 0 Å². The van der Waals surface area contributed by atoms with Crippen LogP contribution in [-0.2, 0) is 10.0 Å². The Kier molecular flexibility index (Phi) is 3.87. The van der Waals surface area contributed by atoms with E-state index in [9.17, 15) is 8.42 Å². The van der Waals surface area contributed by atoms with E-state index >= 15 is 0 Å². The van der Waals surface area contributed by atoms with Gasteiger partial charge in [-0.05, 0) is 43.2 Å². The number of nitrogen functional groups attached to an aromatic ring is 1. The lowest BCUT2D eigenvalue weighted by Crippen LogP contribution is -2.14. The number of nitrogens with two attached hydrogens (primary N) is 1. The Morgan fingerprint density at radius 1 is 1.20 bits per heavy atom. The summed E-state index contributed by atoms with van der Waals surface area (Å²) in [6, 6.07) is 4.55. The van der Waals surface area contributed by atoms with Crippen molar-refractivity contribution in [3.05, 3.63) is 46.7 Å². The molecule has 3 N–H and O–H groups in total. The molecule has 0 amide bonds. The van der Waals surface area contributed by atoms with E-state index in [0.29, 0.717) is 11.4 Å². The number of pyridine rings is 1. The highest BCUT2D eigenvalue weighted by molar-refractivity contribution is 7.92. The Morgan fingerprint density at radius 2 is 1.90 bits per heavy atom. The quantitative estimate of drug-likeness (QED) is 0.853. The van der Waals surface area contributed by atoms with Crippen LogP contribution in [0.15, 0.2) is 35.5 Å². The zero-order valence-corrected chi connectivity index (χ0v) is 12.6. The van der Waals surface area contributed by atoms with Gasteiger partial charge in [-0.1, -0.05) is 11.6 Å². The van der Waals surface area contributed by atoms with Gasteiger partial charge in [0.2, 0.25) is 0 Å². The second-order valence-electron chi connectivity index (χ2n) is 4.50. The topological polar surface area (TPSA) is 85.1 Å². The Hall–Kier alpha value is -1.79. The summed E-state index contributed by atoms with van der Waals surface area (Å²) in [5.74, 6) is 0. The molecule has 0 aliphatic heterocycles. The van der Waals surface area contributed by atoms with E-state index < -0.39 is 10.0 Å². The lowest BCUT2D eigenvalue weighted by molar-refractivity contribution is 0.601. The van der Waals surface area contributed by atoms with Crippen molar-refractivity contribution in [2.24, 2.45) is 0 Å². The SMILES string of the molecule is Cc1cncc(NS(=O)(=O)c2cc(N)c(C)cc2Cl)c1. The number of aryl methyl sites for hydroxylation is 2. The van der Waals surface area contributed by atoms with Crippen LogP contribution in [0.1, 0.15) is 11.1 Å². The number of nitrogens with one attached hydrogen (secondary N) is 1. The summed E-state index contributed by atoms with van der Waals surface area (Å²) in [4.78, 5) is 3.88. The second kappa shape index (κ2) is 5.30. The van der Waals surface area contributed by atoms with Crippen molar-refractivity contribution in [1.82, 2.24) is 4.98 Å². The van der Waals surface area contributed by atoms with Gasteiger partial charge >= 0.3 is 0 Å². The fraction of sp³-hybridized carbons (Fsp3) is 0.154. The third kappa shape index (κ3) is 3.02. The van der Waals surface area contributed by atoms with E-state index in [2.05, 4.69) is 9.71 Å². The highest BCUT2D eigenvalue weighted by Gasteiger charge is 2.19. The van der Waals surface area contributed by atoms with Gasteiger partial charge < -0.3 is 5.73 Å².